The summed E-state index contributed by atoms with van der Waals surface area (Å²) in [7, 11) is 0. The molecule has 1 saturated carbocycles. The van der Waals surface area contributed by atoms with E-state index in [0.29, 0.717) is 5.92 Å². The molecule has 4 nitrogen and oxygen atoms in total. The molecular weight excluding hydrogens is 270 g/mol. The molecule has 3 aromatic rings. The van der Waals surface area contributed by atoms with Crippen molar-refractivity contribution in [1.82, 2.24) is 9.97 Å². The van der Waals surface area contributed by atoms with Gasteiger partial charge >= 0.3 is 0 Å². The number of rotatable bonds is 4. The van der Waals surface area contributed by atoms with Gasteiger partial charge in [-0.3, -0.25) is 0 Å². The van der Waals surface area contributed by atoms with Gasteiger partial charge in [0.25, 0.3) is 0 Å². The van der Waals surface area contributed by atoms with E-state index in [0.717, 1.165) is 27.7 Å². The number of oxazole rings is 1. The number of anilines is 1. The molecule has 0 amide bonds. The first-order valence-corrected chi connectivity index (χ1v) is 7.74. The van der Waals surface area contributed by atoms with E-state index in [9.17, 15) is 0 Å². The van der Waals surface area contributed by atoms with Crippen molar-refractivity contribution in [3.8, 4) is 0 Å². The fourth-order valence-corrected chi connectivity index (χ4v) is 2.95. The van der Waals surface area contributed by atoms with Gasteiger partial charge in [0, 0.05) is 23.2 Å². The SMILES string of the molecule is CC(Nc1ccc2oc(C3CC3)nc2c1)c1nccs1. The third-order valence-electron chi connectivity index (χ3n) is 3.54. The minimum Gasteiger partial charge on any atom is -0.440 e. The lowest BCUT2D eigenvalue weighted by molar-refractivity contribution is 0.533. The summed E-state index contributed by atoms with van der Waals surface area (Å²) in [6, 6.07) is 6.27. The molecule has 0 spiro atoms. The maximum absolute atomic E-state index is 5.77. The number of fused-ring (bicyclic) bond motifs is 1. The quantitative estimate of drug-likeness (QED) is 0.775. The van der Waals surface area contributed by atoms with Crippen molar-refractivity contribution in [3.05, 3.63) is 40.7 Å². The van der Waals surface area contributed by atoms with E-state index in [1.807, 2.05) is 23.7 Å². The fraction of sp³-hybridized carbons (Fsp3) is 0.333. The first-order valence-electron chi connectivity index (χ1n) is 6.86. The molecule has 102 valence electrons. The Labute approximate surface area is 120 Å². The zero-order chi connectivity index (χ0) is 13.5. The molecule has 1 atom stereocenters. The van der Waals surface area contributed by atoms with Gasteiger partial charge in [-0.1, -0.05) is 0 Å². The summed E-state index contributed by atoms with van der Waals surface area (Å²) in [6.45, 7) is 2.11. The fourth-order valence-electron chi connectivity index (χ4n) is 2.30. The lowest BCUT2D eigenvalue weighted by atomic mass is 10.2. The highest BCUT2D eigenvalue weighted by molar-refractivity contribution is 7.09. The van der Waals surface area contributed by atoms with E-state index < -0.39 is 0 Å². The monoisotopic (exact) mass is 285 g/mol. The average Bonchev–Trinajstić information content (AvgIpc) is 3.00. The minimum absolute atomic E-state index is 0.197. The Morgan fingerprint density at radius 1 is 1.40 bits per heavy atom. The van der Waals surface area contributed by atoms with Gasteiger partial charge < -0.3 is 9.73 Å². The van der Waals surface area contributed by atoms with E-state index >= 15 is 0 Å². The lowest BCUT2D eigenvalue weighted by Gasteiger charge is -2.12. The first-order chi connectivity index (χ1) is 9.79. The van der Waals surface area contributed by atoms with Crippen molar-refractivity contribution in [2.75, 3.05) is 5.32 Å². The smallest absolute Gasteiger partial charge is 0.198 e. The van der Waals surface area contributed by atoms with Crippen molar-refractivity contribution in [2.24, 2.45) is 0 Å². The molecule has 0 saturated heterocycles. The second-order valence-corrected chi connectivity index (χ2v) is 6.17. The molecule has 1 aromatic carbocycles. The van der Waals surface area contributed by atoms with Gasteiger partial charge in [-0.2, -0.15) is 0 Å². The molecule has 0 bridgehead atoms. The third-order valence-corrected chi connectivity index (χ3v) is 4.49. The Bertz CT molecular complexity index is 731. The summed E-state index contributed by atoms with van der Waals surface area (Å²) in [5.41, 5.74) is 2.86. The van der Waals surface area contributed by atoms with Crippen molar-refractivity contribution in [1.29, 1.82) is 0 Å². The Morgan fingerprint density at radius 2 is 2.30 bits per heavy atom. The van der Waals surface area contributed by atoms with Gasteiger partial charge in [0.1, 0.15) is 10.5 Å². The van der Waals surface area contributed by atoms with Crippen LogP contribution in [0.3, 0.4) is 0 Å². The standard InChI is InChI=1S/C15H15N3OS/c1-9(15-16-6-7-20-15)17-11-4-5-13-12(8-11)18-14(19-13)10-2-3-10/h4-10,17H,2-3H2,1H3. The molecule has 1 aliphatic rings. The summed E-state index contributed by atoms with van der Waals surface area (Å²) in [6.07, 6.45) is 4.25. The van der Waals surface area contributed by atoms with E-state index in [1.54, 1.807) is 11.3 Å². The van der Waals surface area contributed by atoms with E-state index in [4.69, 9.17) is 4.42 Å². The maximum Gasteiger partial charge on any atom is 0.198 e. The minimum atomic E-state index is 0.197. The summed E-state index contributed by atoms with van der Waals surface area (Å²) in [4.78, 5) is 8.92. The third kappa shape index (κ3) is 2.18. The highest BCUT2D eigenvalue weighted by Gasteiger charge is 2.28. The molecule has 1 N–H and O–H groups in total. The maximum atomic E-state index is 5.77. The lowest BCUT2D eigenvalue weighted by Crippen LogP contribution is -2.05. The second kappa shape index (κ2) is 4.59. The van der Waals surface area contributed by atoms with Crippen LogP contribution in [0.2, 0.25) is 0 Å². The number of nitrogens with zero attached hydrogens (tertiary/aromatic N) is 2. The molecule has 2 heterocycles. The molecule has 1 fully saturated rings. The van der Waals surface area contributed by atoms with Gasteiger partial charge in [0.2, 0.25) is 0 Å². The molecule has 5 heteroatoms. The molecule has 0 radical (unpaired) electrons. The number of hydrogen-bond acceptors (Lipinski definition) is 5. The Kier molecular flexibility index (Phi) is 2.73. The largest absolute Gasteiger partial charge is 0.440 e. The van der Waals surface area contributed by atoms with Crippen molar-refractivity contribution in [3.63, 3.8) is 0 Å². The number of nitrogens with one attached hydrogen (secondary N) is 1. The molecule has 4 rings (SSSR count). The summed E-state index contributed by atoms with van der Waals surface area (Å²) in [5, 5.41) is 6.54. The highest BCUT2D eigenvalue weighted by atomic mass is 32.1. The van der Waals surface area contributed by atoms with Crippen LogP contribution in [0.5, 0.6) is 0 Å². The van der Waals surface area contributed by atoms with Crippen LogP contribution in [-0.4, -0.2) is 9.97 Å². The van der Waals surface area contributed by atoms with Crippen molar-refractivity contribution >= 4 is 28.1 Å². The van der Waals surface area contributed by atoms with Crippen LogP contribution in [0.25, 0.3) is 11.1 Å². The molecular formula is C15H15N3OS. The van der Waals surface area contributed by atoms with Crippen LogP contribution in [0, 0.1) is 0 Å². The molecule has 2 aromatic heterocycles. The zero-order valence-corrected chi connectivity index (χ0v) is 12.0. The topological polar surface area (TPSA) is 51.0 Å². The summed E-state index contributed by atoms with van der Waals surface area (Å²) >= 11 is 1.66. The average molecular weight is 285 g/mol. The number of aromatic nitrogens is 2. The van der Waals surface area contributed by atoms with E-state index in [1.165, 1.54) is 12.8 Å². The van der Waals surface area contributed by atoms with E-state index in [-0.39, 0.29) is 6.04 Å². The van der Waals surface area contributed by atoms with Crippen LogP contribution >= 0.6 is 11.3 Å². The second-order valence-electron chi connectivity index (χ2n) is 5.25. The molecule has 0 aliphatic heterocycles. The number of hydrogen-bond donors (Lipinski definition) is 1. The predicted molar refractivity (Wildman–Crippen MR) is 80.1 cm³/mol. The normalized spacial score (nSPS) is 16.4. The van der Waals surface area contributed by atoms with Crippen LogP contribution in [0.4, 0.5) is 5.69 Å². The Morgan fingerprint density at radius 3 is 3.05 bits per heavy atom. The first kappa shape index (κ1) is 11.9. The van der Waals surface area contributed by atoms with Crippen LogP contribution in [0.1, 0.15) is 42.6 Å². The Balaban J connectivity index is 1.60. The van der Waals surface area contributed by atoms with Gasteiger partial charge in [-0.15, -0.1) is 11.3 Å². The summed E-state index contributed by atoms with van der Waals surface area (Å²) < 4.78 is 5.77. The van der Waals surface area contributed by atoms with E-state index in [2.05, 4.69) is 28.3 Å². The van der Waals surface area contributed by atoms with Crippen LogP contribution in [0.15, 0.2) is 34.2 Å². The van der Waals surface area contributed by atoms with Gasteiger partial charge in [-0.25, -0.2) is 9.97 Å². The molecule has 20 heavy (non-hydrogen) atoms. The zero-order valence-electron chi connectivity index (χ0n) is 11.2. The molecule has 1 unspecified atom stereocenters. The van der Waals surface area contributed by atoms with Crippen molar-refractivity contribution < 1.29 is 4.42 Å². The van der Waals surface area contributed by atoms with Crippen LogP contribution < -0.4 is 5.32 Å². The molecule has 1 aliphatic carbocycles. The number of thiazole rings is 1. The summed E-state index contributed by atoms with van der Waals surface area (Å²) in [5.74, 6) is 1.44. The van der Waals surface area contributed by atoms with Crippen molar-refractivity contribution in [2.45, 2.75) is 31.7 Å². The number of benzene rings is 1. The van der Waals surface area contributed by atoms with Crippen LogP contribution in [-0.2, 0) is 0 Å². The highest BCUT2D eigenvalue weighted by Crippen LogP contribution is 2.40. The Hall–Kier alpha value is -1.88. The predicted octanol–water partition coefficient (Wildman–Crippen LogP) is 4.33. The van der Waals surface area contributed by atoms with Gasteiger partial charge in [-0.05, 0) is 38.0 Å². The van der Waals surface area contributed by atoms with Gasteiger partial charge in [0.05, 0.1) is 6.04 Å². The van der Waals surface area contributed by atoms with Gasteiger partial charge in [0.15, 0.2) is 11.5 Å².